The first-order valence-corrected chi connectivity index (χ1v) is 3.67. The Morgan fingerprint density at radius 3 is 3.00 bits per heavy atom. The molecular formula is C8H10N2O2. The van der Waals surface area contributed by atoms with Crippen LogP contribution >= 0.6 is 0 Å². The van der Waals surface area contributed by atoms with Crippen LogP contribution in [0.25, 0.3) is 0 Å². The highest BCUT2D eigenvalue weighted by atomic mass is 16.5. The zero-order valence-corrected chi connectivity index (χ0v) is 6.77. The smallest absolute Gasteiger partial charge is 0.250 e. The molecule has 1 aromatic rings. The lowest BCUT2D eigenvalue weighted by Gasteiger charge is -2.12. The molecule has 1 amide bonds. The molecule has 0 fully saturated rings. The van der Waals surface area contributed by atoms with Gasteiger partial charge in [-0.3, -0.25) is 15.0 Å². The molecule has 12 heavy (non-hydrogen) atoms. The number of hydrogen-bond acceptors (Lipinski definition) is 3. The molecule has 64 valence electrons. The second-order valence-corrected chi connectivity index (χ2v) is 2.27. The minimum atomic E-state index is -0.344. The maximum Gasteiger partial charge on any atom is 0.250 e. The summed E-state index contributed by atoms with van der Waals surface area (Å²) in [5.74, 6) is -0.344. The van der Waals surface area contributed by atoms with Gasteiger partial charge in [0.1, 0.15) is 0 Å². The van der Waals surface area contributed by atoms with Crippen molar-refractivity contribution in [3.63, 3.8) is 0 Å². The molecule has 0 atom stereocenters. The number of amides is 1. The van der Waals surface area contributed by atoms with Crippen LogP contribution in [0.15, 0.2) is 24.5 Å². The Balaban J connectivity index is 2.78. The second kappa shape index (κ2) is 3.82. The first kappa shape index (κ1) is 8.67. The van der Waals surface area contributed by atoms with E-state index < -0.39 is 0 Å². The van der Waals surface area contributed by atoms with Crippen molar-refractivity contribution < 1.29 is 10.0 Å². The maximum absolute atomic E-state index is 11.0. The third kappa shape index (κ3) is 1.79. The largest absolute Gasteiger partial charge is 0.281 e. The highest BCUT2D eigenvalue weighted by Gasteiger charge is 2.09. The summed E-state index contributed by atoms with van der Waals surface area (Å²) >= 11 is 0. The van der Waals surface area contributed by atoms with Gasteiger partial charge in [-0.1, -0.05) is 6.92 Å². The van der Waals surface area contributed by atoms with Gasteiger partial charge in [-0.15, -0.1) is 0 Å². The van der Waals surface area contributed by atoms with Gasteiger partial charge in [-0.05, 0) is 12.1 Å². The molecule has 0 aliphatic rings. The fourth-order valence-electron chi connectivity index (χ4n) is 0.773. The number of hydrogen-bond donors (Lipinski definition) is 1. The maximum atomic E-state index is 11.0. The summed E-state index contributed by atoms with van der Waals surface area (Å²) in [5, 5.41) is 9.84. The molecule has 0 unspecified atom stereocenters. The van der Waals surface area contributed by atoms with Crippen LogP contribution in [0.1, 0.15) is 13.3 Å². The molecule has 0 aromatic carbocycles. The summed E-state index contributed by atoms with van der Waals surface area (Å²) in [7, 11) is 0. The SMILES string of the molecule is CCC(=O)N(O)c1cccnc1. The zero-order chi connectivity index (χ0) is 8.97. The topological polar surface area (TPSA) is 53.4 Å². The van der Waals surface area contributed by atoms with Crippen LogP contribution in [0.4, 0.5) is 5.69 Å². The van der Waals surface area contributed by atoms with E-state index in [-0.39, 0.29) is 12.3 Å². The first-order chi connectivity index (χ1) is 5.75. The Kier molecular flexibility index (Phi) is 2.76. The molecule has 0 spiro atoms. The predicted octanol–water partition coefficient (Wildman–Crippen LogP) is 1.21. The standard InChI is InChI=1S/C8H10N2O2/c1-2-8(11)10(12)7-4-3-5-9-6-7/h3-6,12H,2H2,1H3. The summed E-state index contributed by atoms with van der Waals surface area (Å²) in [6.07, 6.45) is 3.27. The average molecular weight is 166 g/mol. The number of rotatable bonds is 2. The number of nitrogens with zero attached hydrogens (tertiary/aromatic N) is 2. The summed E-state index contributed by atoms with van der Waals surface area (Å²) in [5.41, 5.74) is 0.393. The Bertz CT molecular complexity index is 261. The second-order valence-electron chi connectivity index (χ2n) is 2.27. The third-order valence-corrected chi connectivity index (χ3v) is 1.43. The fourth-order valence-corrected chi connectivity index (χ4v) is 0.773. The average Bonchev–Trinajstić information content (AvgIpc) is 2.17. The first-order valence-electron chi connectivity index (χ1n) is 3.67. The van der Waals surface area contributed by atoms with Crippen LogP contribution in [0.2, 0.25) is 0 Å². The summed E-state index contributed by atoms with van der Waals surface area (Å²) < 4.78 is 0. The van der Waals surface area contributed by atoms with E-state index in [4.69, 9.17) is 0 Å². The number of hydroxylamine groups is 1. The van der Waals surface area contributed by atoms with E-state index in [1.807, 2.05) is 0 Å². The zero-order valence-electron chi connectivity index (χ0n) is 6.77. The van der Waals surface area contributed by atoms with Crippen molar-refractivity contribution >= 4 is 11.6 Å². The molecule has 1 N–H and O–H groups in total. The van der Waals surface area contributed by atoms with Crippen molar-refractivity contribution in [2.24, 2.45) is 0 Å². The van der Waals surface area contributed by atoms with Crippen molar-refractivity contribution in [1.82, 2.24) is 4.98 Å². The molecule has 1 rings (SSSR count). The highest BCUT2D eigenvalue weighted by Crippen LogP contribution is 2.09. The molecule has 4 nitrogen and oxygen atoms in total. The number of anilines is 1. The van der Waals surface area contributed by atoms with Crippen LogP contribution in [0.5, 0.6) is 0 Å². The minimum absolute atomic E-state index is 0.269. The van der Waals surface area contributed by atoms with Crippen molar-refractivity contribution in [2.45, 2.75) is 13.3 Å². The van der Waals surface area contributed by atoms with E-state index in [0.29, 0.717) is 10.8 Å². The molecule has 4 heteroatoms. The van der Waals surface area contributed by atoms with Gasteiger partial charge in [0.05, 0.1) is 11.9 Å². The van der Waals surface area contributed by atoms with E-state index in [1.54, 1.807) is 25.3 Å². The number of pyridine rings is 1. The van der Waals surface area contributed by atoms with Crippen molar-refractivity contribution in [1.29, 1.82) is 0 Å². The lowest BCUT2D eigenvalue weighted by molar-refractivity contribution is -0.123. The molecule has 0 bridgehead atoms. The monoisotopic (exact) mass is 166 g/mol. The normalized spacial score (nSPS) is 9.50. The van der Waals surface area contributed by atoms with E-state index in [2.05, 4.69) is 4.98 Å². The van der Waals surface area contributed by atoms with Crippen LogP contribution in [-0.4, -0.2) is 16.1 Å². The summed E-state index contributed by atoms with van der Waals surface area (Å²) in [4.78, 5) is 14.7. The number of carbonyl (C=O) groups is 1. The van der Waals surface area contributed by atoms with Crippen LogP contribution in [0, 0.1) is 0 Å². The lowest BCUT2D eigenvalue weighted by atomic mass is 10.4. The van der Waals surface area contributed by atoms with Gasteiger partial charge in [-0.25, -0.2) is 0 Å². The molecule has 1 heterocycles. The molecule has 0 saturated heterocycles. The van der Waals surface area contributed by atoms with Crippen molar-refractivity contribution in [3.05, 3.63) is 24.5 Å². The summed E-state index contributed by atoms with van der Waals surface area (Å²) in [6, 6.07) is 3.27. The number of aromatic nitrogens is 1. The molecular weight excluding hydrogens is 156 g/mol. The van der Waals surface area contributed by atoms with Gasteiger partial charge in [0, 0.05) is 12.6 Å². The van der Waals surface area contributed by atoms with E-state index in [9.17, 15) is 10.0 Å². The molecule has 1 aromatic heterocycles. The van der Waals surface area contributed by atoms with Gasteiger partial charge in [0.2, 0.25) is 5.91 Å². The predicted molar refractivity (Wildman–Crippen MR) is 43.8 cm³/mol. The van der Waals surface area contributed by atoms with Crippen LogP contribution < -0.4 is 5.06 Å². The Hall–Kier alpha value is -1.42. The van der Waals surface area contributed by atoms with Gasteiger partial charge >= 0.3 is 0 Å². The Labute approximate surface area is 70.4 Å². The fraction of sp³-hybridized carbons (Fsp3) is 0.250. The lowest BCUT2D eigenvalue weighted by Crippen LogP contribution is -2.25. The van der Waals surface area contributed by atoms with E-state index >= 15 is 0 Å². The van der Waals surface area contributed by atoms with Crippen LogP contribution in [0.3, 0.4) is 0 Å². The van der Waals surface area contributed by atoms with E-state index in [0.717, 1.165) is 0 Å². The van der Waals surface area contributed by atoms with Crippen molar-refractivity contribution in [2.75, 3.05) is 5.06 Å². The van der Waals surface area contributed by atoms with Crippen molar-refractivity contribution in [3.8, 4) is 0 Å². The van der Waals surface area contributed by atoms with Crippen LogP contribution in [-0.2, 0) is 4.79 Å². The van der Waals surface area contributed by atoms with Gasteiger partial charge < -0.3 is 0 Å². The molecule has 0 aliphatic heterocycles. The van der Waals surface area contributed by atoms with Gasteiger partial charge in [0.15, 0.2) is 0 Å². The number of carbonyl (C=O) groups excluding carboxylic acids is 1. The molecule has 0 aliphatic carbocycles. The Morgan fingerprint density at radius 2 is 2.50 bits per heavy atom. The molecule has 0 radical (unpaired) electrons. The molecule has 0 saturated carbocycles. The third-order valence-electron chi connectivity index (χ3n) is 1.43. The van der Waals surface area contributed by atoms with Gasteiger partial charge in [0.25, 0.3) is 0 Å². The highest BCUT2D eigenvalue weighted by molar-refractivity contribution is 5.90. The Morgan fingerprint density at radius 1 is 1.75 bits per heavy atom. The van der Waals surface area contributed by atoms with Gasteiger partial charge in [-0.2, -0.15) is 5.06 Å². The van der Waals surface area contributed by atoms with E-state index in [1.165, 1.54) is 6.20 Å². The quantitative estimate of drug-likeness (QED) is 0.530. The summed E-state index contributed by atoms with van der Waals surface area (Å²) in [6.45, 7) is 1.68. The minimum Gasteiger partial charge on any atom is -0.281 e.